The normalized spacial score (nSPS) is 12.1. The van der Waals surface area contributed by atoms with E-state index >= 15 is 0 Å². The van der Waals surface area contributed by atoms with Gasteiger partial charge in [0.05, 0.1) is 19.0 Å². The van der Waals surface area contributed by atoms with E-state index in [4.69, 9.17) is 4.42 Å². The zero-order chi connectivity index (χ0) is 16.1. The van der Waals surface area contributed by atoms with Crippen LogP contribution in [0.1, 0.15) is 12.5 Å². The number of nitrogens with zero attached hydrogens (tertiary/aromatic N) is 4. The predicted molar refractivity (Wildman–Crippen MR) is 92.5 cm³/mol. The Balaban J connectivity index is 2.04. The maximum atomic E-state index is 5.49. The van der Waals surface area contributed by atoms with Crippen LogP contribution >= 0.6 is 11.3 Å². The number of hydrogen-bond acceptors (Lipinski definition) is 5. The maximum absolute atomic E-state index is 5.49. The van der Waals surface area contributed by atoms with E-state index in [-0.39, 0.29) is 0 Å². The molecular weight excluding hydrogens is 308 g/mol. The van der Waals surface area contributed by atoms with Gasteiger partial charge < -0.3 is 4.42 Å². The van der Waals surface area contributed by atoms with E-state index in [1.54, 1.807) is 29.5 Å². The van der Waals surface area contributed by atoms with Crippen molar-refractivity contribution in [3.05, 3.63) is 70.8 Å². The molecule has 0 bridgehead atoms. The van der Waals surface area contributed by atoms with Crippen molar-refractivity contribution < 1.29 is 4.42 Å². The van der Waals surface area contributed by atoms with Gasteiger partial charge in [-0.1, -0.05) is 18.2 Å². The quantitative estimate of drug-likeness (QED) is 0.532. The fourth-order valence-corrected chi connectivity index (χ4v) is 2.71. The molecule has 116 valence electrons. The monoisotopic (exact) mass is 324 g/mol. The van der Waals surface area contributed by atoms with Crippen LogP contribution < -0.4 is 4.80 Å². The van der Waals surface area contributed by atoms with Crippen molar-refractivity contribution in [3.63, 3.8) is 0 Å². The van der Waals surface area contributed by atoms with E-state index in [0.29, 0.717) is 6.54 Å². The van der Waals surface area contributed by atoms with Crippen LogP contribution in [-0.2, 0) is 0 Å². The van der Waals surface area contributed by atoms with Gasteiger partial charge in [0, 0.05) is 23.3 Å². The Hall–Kier alpha value is -2.73. The van der Waals surface area contributed by atoms with Crippen LogP contribution in [0.4, 0.5) is 0 Å². The van der Waals surface area contributed by atoms with Crippen LogP contribution in [-0.4, -0.2) is 22.4 Å². The number of rotatable bonds is 5. The van der Waals surface area contributed by atoms with Gasteiger partial charge in [-0.3, -0.25) is 9.98 Å². The lowest BCUT2D eigenvalue weighted by Gasteiger charge is -2.00. The summed E-state index contributed by atoms with van der Waals surface area (Å²) in [5, 5.41) is 6.53. The molecule has 0 radical (unpaired) electrons. The summed E-state index contributed by atoms with van der Waals surface area (Å²) in [6, 6.07) is 7.58. The van der Waals surface area contributed by atoms with Gasteiger partial charge in [-0.15, -0.1) is 11.3 Å². The number of aromatic nitrogens is 2. The molecule has 0 saturated carbocycles. The topological polar surface area (TPSA) is 55.7 Å². The van der Waals surface area contributed by atoms with E-state index in [2.05, 4.69) is 21.7 Å². The second-order valence-electron chi connectivity index (χ2n) is 5.00. The molecule has 6 heteroatoms. The molecule has 0 atom stereocenters. The molecule has 0 aliphatic rings. The number of hydrogen-bond donors (Lipinski definition) is 0. The highest BCUT2D eigenvalue weighted by Crippen LogP contribution is 2.20. The Kier molecular flexibility index (Phi) is 4.63. The summed E-state index contributed by atoms with van der Waals surface area (Å²) in [4.78, 5) is 9.44. The summed E-state index contributed by atoms with van der Waals surface area (Å²) in [5.74, 6) is 0.751. The number of furan rings is 1. The van der Waals surface area contributed by atoms with Crippen molar-refractivity contribution in [2.45, 2.75) is 6.92 Å². The smallest absolute Gasteiger partial charge is 0.206 e. The molecule has 0 aliphatic heterocycles. The second-order valence-corrected chi connectivity index (χ2v) is 5.83. The fourth-order valence-electron chi connectivity index (χ4n) is 1.89. The molecule has 23 heavy (non-hydrogen) atoms. The molecular formula is C17H16N4OS. The second kappa shape index (κ2) is 7.02. The highest BCUT2D eigenvalue weighted by atomic mass is 32.1. The van der Waals surface area contributed by atoms with Crippen molar-refractivity contribution in [1.82, 2.24) is 9.66 Å². The summed E-state index contributed by atoms with van der Waals surface area (Å²) >= 11 is 1.52. The van der Waals surface area contributed by atoms with Crippen LogP contribution in [0, 0.1) is 0 Å². The van der Waals surface area contributed by atoms with Gasteiger partial charge in [0.1, 0.15) is 5.69 Å². The standard InChI is InChI=1S/C17H16N4OS/c1-13(2)9-19-17-21(20-11-14-5-3-7-18-10-14)15(12-23-17)16-6-4-8-22-16/h3-8,10-12H,1,9H2,2H3/b19-17?,20-11+. The molecule has 5 nitrogen and oxygen atoms in total. The van der Waals surface area contributed by atoms with Crippen molar-refractivity contribution >= 4 is 17.6 Å². The lowest BCUT2D eigenvalue weighted by Crippen LogP contribution is -2.12. The minimum Gasteiger partial charge on any atom is -0.463 e. The lowest BCUT2D eigenvalue weighted by atomic mass is 10.3. The Morgan fingerprint density at radius 3 is 3.04 bits per heavy atom. The van der Waals surface area contributed by atoms with E-state index in [9.17, 15) is 0 Å². The molecule has 0 unspecified atom stereocenters. The minimum atomic E-state index is 0.570. The zero-order valence-corrected chi connectivity index (χ0v) is 13.5. The van der Waals surface area contributed by atoms with E-state index in [1.165, 1.54) is 11.3 Å². The fraction of sp³-hybridized carbons (Fsp3) is 0.118. The predicted octanol–water partition coefficient (Wildman–Crippen LogP) is 3.56. The molecule has 0 spiro atoms. The van der Waals surface area contributed by atoms with E-state index < -0.39 is 0 Å². The number of pyridine rings is 1. The molecule has 3 aromatic heterocycles. The summed E-state index contributed by atoms with van der Waals surface area (Å²) in [6.45, 7) is 6.41. The van der Waals surface area contributed by atoms with Crippen molar-refractivity contribution in [2.24, 2.45) is 10.1 Å². The lowest BCUT2D eigenvalue weighted by molar-refractivity contribution is 0.575. The first-order valence-corrected chi connectivity index (χ1v) is 7.95. The highest BCUT2D eigenvalue weighted by Gasteiger charge is 2.09. The van der Waals surface area contributed by atoms with Gasteiger partial charge in [-0.25, -0.2) is 4.68 Å². The third-order valence-electron chi connectivity index (χ3n) is 2.95. The SMILES string of the molecule is C=C(C)CN=c1scc(-c2ccco2)n1/N=C/c1cccnc1. The molecule has 0 fully saturated rings. The van der Waals surface area contributed by atoms with Crippen molar-refractivity contribution in [2.75, 3.05) is 6.54 Å². The summed E-state index contributed by atoms with van der Waals surface area (Å²) < 4.78 is 7.27. The summed E-state index contributed by atoms with van der Waals surface area (Å²) in [6.07, 6.45) is 6.89. The third kappa shape index (κ3) is 3.73. The van der Waals surface area contributed by atoms with Crippen molar-refractivity contribution in [1.29, 1.82) is 0 Å². The van der Waals surface area contributed by atoms with Crippen LogP contribution in [0.15, 0.2) is 75.0 Å². The first-order chi connectivity index (χ1) is 11.2. The minimum absolute atomic E-state index is 0.570. The molecule has 0 N–H and O–H groups in total. The maximum Gasteiger partial charge on any atom is 0.206 e. The highest BCUT2D eigenvalue weighted by molar-refractivity contribution is 7.07. The van der Waals surface area contributed by atoms with Crippen LogP contribution in [0.2, 0.25) is 0 Å². The van der Waals surface area contributed by atoms with Gasteiger partial charge in [-0.2, -0.15) is 5.10 Å². The third-order valence-corrected chi connectivity index (χ3v) is 3.80. The molecule has 0 amide bonds. The van der Waals surface area contributed by atoms with Gasteiger partial charge in [0.2, 0.25) is 4.80 Å². The molecule has 0 aliphatic carbocycles. The Morgan fingerprint density at radius 2 is 2.35 bits per heavy atom. The average molecular weight is 324 g/mol. The van der Waals surface area contributed by atoms with Crippen LogP contribution in [0.3, 0.4) is 0 Å². The first-order valence-electron chi connectivity index (χ1n) is 7.08. The van der Waals surface area contributed by atoms with Crippen LogP contribution in [0.5, 0.6) is 0 Å². The van der Waals surface area contributed by atoms with Crippen LogP contribution in [0.25, 0.3) is 11.5 Å². The van der Waals surface area contributed by atoms with Gasteiger partial charge in [0.15, 0.2) is 5.76 Å². The summed E-state index contributed by atoms with van der Waals surface area (Å²) in [5.41, 5.74) is 2.78. The van der Waals surface area contributed by atoms with Crippen molar-refractivity contribution in [3.8, 4) is 11.5 Å². The Bertz CT molecular complexity index is 873. The zero-order valence-electron chi connectivity index (χ0n) is 12.7. The molecule has 0 aromatic carbocycles. The Labute approximate surface area is 138 Å². The van der Waals surface area contributed by atoms with Gasteiger partial charge >= 0.3 is 0 Å². The molecule has 3 aromatic rings. The van der Waals surface area contributed by atoms with E-state index in [0.717, 1.165) is 27.4 Å². The molecule has 3 rings (SSSR count). The molecule has 0 saturated heterocycles. The molecule has 3 heterocycles. The Morgan fingerprint density at radius 1 is 1.43 bits per heavy atom. The van der Waals surface area contributed by atoms with E-state index in [1.807, 2.05) is 36.6 Å². The van der Waals surface area contributed by atoms with Gasteiger partial charge in [-0.05, 0) is 25.1 Å². The first kappa shape index (κ1) is 15.2. The van der Waals surface area contributed by atoms with Gasteiger partial charge in [0.25, 0.3) is 0 Å². The summed E-state index contributed by atoms with van der Waals surface area (Å²) in [7, 11) is 0. The number of thiazole rings is 1. The largest absolute Gasteiger partial charge is 0.463 e. The average Bonchev–Trinajstić information content (AvgIpc) is 3.21.